The topological polar surface area (TPSA) is 45.8 Å². The quantitative estimate of drug-likeness (QED) is 0.323. The zero-order chi connectivity index (χ0) is 23.1. The van der Waals surface area contributed by atoms with E-state index in [-0.39, 0.29) is 11.7 Å². The Kier molecular flexibility index (Phi) is 5.10. The molecule has 2 aliphatic rings. The summed E-state index contributed by atoms with van der Waals surface area (Å²) < 4.78 is 0. The molecule has 4 aromatic rings. The molecule has 0 aliphatic heterocycles. The van der Waals surface area contributed by atoms with Gasteiger partial charge in [0.05, 0.1) is 0 Å². The highest BCUT2D eigenvalue weighted by atomic mass is 16.1. The van der Waals surface area contributed by atoms with Crippen LogP contribution in [0.3, 0.4) is 0 Å². The molecule has 0 spiro atoms. The lowest BCUT2D eigenvalue weighted by Gasteiger charge is -2.14. The van der Waals surface area contributed by atoms with E-state index in [2.05, 4.69) is 83.7 Å². The van der Waals surface area contributed by atoms with Crippen LogP contribution >= 0.6 is 0 Å². The molecule has 3 nitrogen and oxygen atoms in total. The summed E-state index contributed by atoms with van der Waals surface area (Å²) in [5.74, 6) is 0.385. The van der Waals surface area contributed by atoms with Crippen LogP contribution in [-0.2, 0) is 0 Å². The third kappa shape index (κ3) is 3.45. The summed E-state index contributed by atoms with van der Waals surface area (Å²) in [7, 11) is 0. The van der Waals surface area contributed by atoms with E-state index >= 15 is 0 Å². The molecule has 0 amide bonds. The minimum Gasteiger partial charge on any atom is -0.346 e. The van der Waals surface area contributed by atoms with Crippen molar-refractivity contribution in [1.82, 2.24) is 9.97 Å². The summed E-state index contributed by atoms with van der Waals surface area (Å²) in [6.07, 6.45) is 14.8. The minimum atomic E-state index is 0.170. The second kappa shape index (κ2) is 8.42. The molecule has 0 radical (unpaired) electrons. The van der Waals surface area contributed by atoms with Crippen LogP contribution in [0.15, 0.2) is 96.9 Å². The number of allylic oxidation sites excluding steroid dienone is 6. The Morgan fingerprint density at radius 3 is 2.79 bits per heavy atom. The zero-order valence-electron chi connectivity index (χ0n) is 19.2. The van der Waals surface area contributed by atoms with Gasteiger partial charge in [-0.15, -0.1) is 0 Å². The van der Waals surface area contributed by atoms with E-state index in [1.165, 1.54) is 39.0 Å². The van der Waals surface area contributed by atoms with Gasteiger partial charge in [-0.25, -0.2) is 4.98 Å². The van der Waals surface area contributed by atoms with Crippen molar-refractivity contribution in [3.63, 3.8) is 0 Å². The Labute approximate surface area is 199 Å². The molecule has 34 heavy (non-hydrogen) atoms. The summed E-state index contributed by atoms with van der Waals surface area (Å²) in [5, 5.41) is 0.900. The molecule has 1 unspecified atom stereocenters. The van der Waals surface area contributed by atoms with Gasteiger partial charge in [-0.1, -0.05) is 72.3 Å². The van der Waals surface area contributed by atoms with Crippen LogP contribution in [0.1, 0.15) is 59.2 Å². The van der Waals surface area contributed by atoms with Gasteiger partial charge in [-0.2, -0.15) is 0 Å². The van der Waals surface area contributed by atoms with Crippen molar-refractivity contribution in [1.29, 1.82) is 0 Å². The largest absolute Gasteiger partial charge is 0.346 e. The summed E-state index contributed by atoms with van der Waals surface area (Å²) in [6, 6.07) is 19.1. The van der Waals surface area contributed by atoms with Crippen molar-refractivity contribution in [2.45, 2.75) is 32.1 Å². The Morgan fingerprint density at radius 2 is 1.85 bits per heavy atom. The average molecular weight is 443 g/mol. The lowest BCUT2D eigenvalue weighted by atomic mass is 9.89. The zero-order valence-corrected chi connectivity index (χ0v) is 19.2. The number of hydrogen-bond donors (Lipinski definition) is 1. The van der Waals surface area contributed by atoms with Crippen molar-refractivity contribution >= 4 is 22.4 Å². The van der Waals surface area contributed by atoms with Crippen molar-refractivity contribution in [2.75, 3.05) is 0 Å². The molecule has 0 bridgehead atoms. The summed E-state index contributed by atoms with van der Waals surface area (Å²) >= 11 is 0. The van der Waals surface area contributed by atoms with Crippen molar-refractivity contribution in [3.05, 3.63) is 119 Å². The van der Waals surface area contributed by atoms with Crippen molar-refractivity contribution in [2.24, 2.45) is 0 Å². The highest BCUT2D eigenvalue weighted by Crippen LogP contribution is 2.49. The molecule has 0 saturated heterocycles. The molecule has 2 heterocycles. The molecular weight excluding hydrogens is 416 g/mol. The molecule has 1 N–H and O–H groups in total. The third-order valence-electron chi connectivity index (χ3n) is 7.09. The Bertz CT molecular complexity index is 1520. The summed E-state index contributed by atoms with van der Waals surface area (Å²) in [4.78, 5) is 20.7. The van der Waals surface area contributed by atoms with E-state index in [1.807, 2.05) is 18.3 Å². The fraction of sp³-hybridized carbons (Fsp3) is 0.161. The number of H-pyrrole nitrogens is 1. The van der Waals surface area contributed by atoms with Crippen LogP contribution in [0.2, 0.25) is 0 Å². The Hall–Kier alpha value is -3.98. The number of carbonyl (C=O) groups excluding carboxylic acids is 1. The number of nitrogens with one attached hydrogen (secondary N) is 1. The third-order valence-corrected chi connectivity index (χ3v) is 7.09. The highest BCUT2D eigenvalue weighted by molar-refractivity contribution is 6.06. The van der Waals surface area contributed by atoms with Gasteiger partial charge in [-0.3, -0.25) is 4.79 Å². The van der Waals surface area contributed by atoms with E-state index in [4.69, 9.17) is 0 Å². The van der Waals surface area contributed by atoms with Crippen molar-refractivity contribution < 1.29 is 4.79 Å². The second-order valence-electron chi connectivity index (χ2n) is 9.21. The number of nitrogens with zero attached hydrogens (tertiary/aromatic N) is 1. The number of hydrogen-bond acceptors (Lipinski definition) is 2. The van der Waals surface area contributed by atoms with Gasteiger partial charge in [0, 0.05) is 35.7 Å². The van der Waals surface area contributed by atoms with Gasteiger partial charge in [0.15, 0.2) is 5.78 Å². The number of aromatic amines is 1. The maximum Gasteiger partial charge on any atom is 0.163 e. The molecule has 2 aromatic carbocycles. The predicted molar refractivity (Wildman–Crippen MR) is 139 cm³/mol. The van der Waals surface area contributed by atoms with Gasteiger partial charge in [0.1, 0.15) is 5.65 Å². The first kappa shape index (κ1) is 20.6. The van der Waals surface area contributed by atoms with Crippen molar-refractivity contribution in [3.8, 4) is 11.1 Å². The fourth-order valence-electron chi connectivity index (χ4n) is 5.43. The number of ketones is 1. The van der Waals surface area contributed by atoms with Gasteiger partial charge >= 0.3 is 0 Å². The number of benzene rings is 2. The van der Waals surface area contributed by atoms with Gasteiger partial charge < -0.3 is 4.98 Å². The number of carbonyl (C=O) groups is 1. The monoisotopic (exact) mass is 442 g/mol. The number of rotatable bonds is 5. The highest BCUT2D eigenvalue weighted by Gasteiger charge is 2.31. The summed E-state index contributed by atoms with van der Waals surface area (Å²) in [5.41, 5.74) is 10.7. The van der Waals surface area contributed by atoms with Crippen LogP contribution in [0.5, 0.6) is 0 Å². The van der Waals surface area contributed by atoms with Crippen LogP contribution in [-0.4, -0.2) is 15.8 Å². The first-order chi connectivity index (χ1) is 16.7. The van der Waals surface area contributed by atoms with Gasteiger partial charge in [0.25, 0.3) is 0 Å². The first-order valence-electron chi connectivity index (χ1n) is 11.9. The molecule has 2 aliphatic carbocycles. The first-order valence-corrected chi connectivity index (χ1v) is 11.9. The molecule has 0 fully saturated rings. The number of aromatic nitrogens is 2. The van der Waals surface area contributed by atoms with E-state index < -0.39 is 0 Å². The molecule has 6 rings (SSSR count). The lowest BCUT2D eigenvalue weighted by molar-refractivity contribution is 0.0980. The molecule has 0 saturated carbocycles. The van der Waals surface area contributed by atoms with E-state index in [9.17, 15) is 4.79 Å². The van der Waals surface area contributed by atoms with Crippen LogP contribution in [0.25, 0.3) is 27.7 Å². The molecule has 2 aromatic heterocycles. The predicted octanol–water partition coefficient (Wildman–Crippen LogP) is 7.63. The van der Waals surface area contributed by atoms with Gasteiger partial charge in [-0.05, 0) is 65.3 Å². The van der Waals surface area contributed by atoms with Crippen LogP contribution < -0.4 is 0 Å². The van der Waals surface area contributed by atoms with Gasteiger partial charge in [0.2, 0.25) is 0 Å². The Balaban J connectivity index is 1.37. The second-order valence-corrected chi connectivity index (χ2v) is 9.21. The standard InChI is InChI=1S/C31H26N2O/c1-20-6-4-7-21(13-12-20)22-10-5-11-27-24(23-8-2-3-9-26(23)30(22)27)14-15-29(34)25-16-18-32-31-28(25)17-19-33-31/h2-5,7-13,16-19,24H,6,14-15H2,1H3,(H,32,33). The lowest BCUT2D eigenvalue weighted by Crippen LogP contribution is -2.05. The van der Waals surface area contributed by atoms with Crippen LogP contribution in [0.4, 0.5) is 0 Å². The SMILES string of the molecule is CC1=CC=C(c2cccc3c2-c2ccccc2C3CCC(=O)c2ccnc3[nH]ccc23)C=CC1. The van der Waals surface area contributed by atoms with Crippen LogP contribution in [0, 0.1) is 0 Å². The molecular formula is C31H26N2O. The smallest absolute Gasteiger partial charge is 0.163 e. The molecule has 166 valence electrons. The minimum absolute atomic E-state index is 0.170. The number of pyridine rings is 1. The number of Topliss-reactive ketones (excluding diaryl/α,β-unsaturated/α-hetero) is 1. The maximum absolute atomic E-state index is 13.3. The average Bonchev–Trinajstić information content (AvgIpc) is 3.40. The normalized spacial score (nSPS) is 16.6. The summed E-state index contributed by atoms with van der Waals surface area (Å²) in [6.45, 7) is 2.17. The molecule has 3 heteroatoms. The maximum atomic E-state index is 13.3. The number of fused-ring (bicyclic) bond motifs is 4. The Morgan fingerprint density at radius 1 is 1.00 bits per heavy atom. The van der Waals surface area contributed by atoms with E-state index in [1.54, 1.807) is 6.20 Å². The fourth-order valence-corrected chi connectivity index (χ4v) is 5.43. The van der Waals surface area contributed by atoms with E-state index in [0.29, 0.717) is 6.42 Å². The van der Waals surface area contributed by atoms with E-state index in [0.717, 1.165) is 29.4 Å². The molecule has 1 atom stereocenters.